The molecule has 7 nitrogen and oxygen atoms in total. The zero-order chi connectivity index (χ0) is 20.1. The van der Waals surface area contributed by atoms with Crippen LogP contribution in [0.3, 0.4) is 0 Å². The molecular weight excluding hydrogens is 385 g/mol. The first-order valence-corrected chi connectivity index (χ1v) is 10.1. The summed E-state index contributed by atoms with van der Waals surface area (Å²) >= 11 is 0. The molecule has 1 aliphatic heterocycles. The second kappa shape index (κ2) is 8.59. The van der Waals surface area contributed by atoms with E-state index >= 15 is 0 Å². The van der Waals surface area contributed by atoms with Crippen LogP contribution < -0.4 is 5.43 Å². The van der Waals surface area contributed by atoms with Gasteiger partial charge in [-0.1, -0.05) is 24.3 Å². The van der Waals surface area contributed by atoms with E-state index in [4.69, 9.17) is 4.74 Å². The van der Waals surface area contributed by atoms with E-state index in [0.717, 1.165) is 0 Å². The number of rotatable bonds is 5. The number of ether oxygens (including phenoxy) is 1. The molecular formula is C19H20FN3O4S. The van der Waals surface area contributed by atoms with E-state index in [1.165, 1.54) is 34.6 Å². The summed E-state index contributed by atoms with van der Waals surface area (Å²) in [6, 6.07) is 11.8. The minimum absolute atomic E-state index is 0.0249. The van der Waals surface area contributed by atoms with Crippen molar-refractivity contribution in [2.75, 3.05) is 26.3 Å². The van der Waals surface area contributed by atoms with Crippen LogP contribution >= 0.6 is 0 Å². The van der Waals surface area contributed by atoms with Crippen molar-refractivity contribution < 1.29 is 22.3 Å². The van der Waals surface area contributed by atoms with Crippen LogP contribution in [0.2, 0.25) is 0 Å². The fourth-order valence-corrected chi connectivity index (χ4v) is 4.20. The lowest BCUT2D eigenvalue weighted by Crippen LogP contribution is -2.40. The lowest BCUT2D eigenvalue weighted by atomic mass is 10.1. The molecule has 0 aliphatic carbocycles. The molecule has 9 heteroatoms. The van der Waals surface area contributed by atoms with Crippen molar-refractivity contribution in [1.29, 1.82) is 0 Å². The number of benzene rings is 2. The fraction of sp³-hybridized carbons (Fsp3) is 0.263. The van der Waals surface area contributed by atoms with Crippen molar-refractivity contribution >= 4 is 21.6 Å². The molecule has 2 aromatic carbocycles. The summed E-state index contributed by atoms with van der Waals surface area (Å²) in [5.74, 6) is -1.04. The molecule has 0 saturated carbocycles. The van der Waals surface area contributed by atoms with Crippen LogP contribution in [-0.2, 0) is 14.8 Å². The van der Waals surface area contributed by atoms with E-state index in [1.54, 1.807) is 25.1 Å². The second-order valence-electron chi connectivity index (χ2n) is 6.16. The first kappa shape index (κ1) is 20.1. The van der Waals surface area contributed by atoms with Gasteiger partial charge in [-0.2, -0.15) is 9.41 Å². The molecule has 0 atom stereocenters. The number of carbonyl (C=O) groups is 1. The Labute approximate surface area is 162 Å². The molecule has 28 heavy (non-hydrogen) atoms. The zero-order valence-corrected chi connectivity index (χ0v) is 16.1. The zero-order valence-electron chi connectivity index (χ0n) is 15.3. The Morgan fingerprint density at radius 1 is 1.14 bits per heavy atom. The van der Waals surface area contributed by atoms with Gasteiger partial charge >= 0.3 is 0 Å². The van der Waals surface area contributed by atoms with Crippen molar-refractivity contribution in [2.24, 2.45) is 5.10 Å². The number of halogens is 1. The van der Waals surface area contributed by atoms with Crippen molar-refractivity contribution in [1.82, 2.24) is 9.73 Å². The SMILES string of the molecule is C/C(=N\NC(=O)c1cccc(S(=O)(=O)N2CCOCC2)c1)c1ccccc1F. The minimum atomic E-state index is -3.71. The average Bonchev–Trinajstić information content (AvgIpc) is 2.73. The number of sulfonamides is 1. The van der Waals surface area contributed by atoms with Gasteiger partial charge in [0.1, 0.15) is 5.82 Å². The molecule has 0 aromatic heterocycles. The smallest absolute Gasteiger partial charge is 0.271 e. The number of hydrogen-bond acceptors (Lipinski definition) is 5. The topological polar surface area (TPSA) is 88.1 Å². The number of morpholine rings is 1. The Kier molecular flexibility index (Phi) is 6.18. The van der Waals surface area contributed by atoms with Gasteiger partial charge in [0.05, 0.1) is 23.8 Å². The van der Waals surface area contributed by atoms with Crippen LogP contribution in [-0.4, -0.2) is 50.6 Å². The van der Waals surface area contributed by atoms with Gasteiger partial charge in [0.2, 0.25) is 10.0 Å². The number of hydrogen-bond donors (Lipinski definition) is 1. The Bertz CT molecular complexity index is 1000. The van der Waals surface area contributed by atoms with Crippen molar-refractivity contribution in [2.45, 2.75) is 11.8 Å². The molecule has 1 heterocycles. The summed E-state index contributed by atoms with van der Waals surface area (Å²) in [5, 5.41) is 3.91. The number of hydrazone groups is 1. The van der Waals surface area contributed by atoms with E-state index in [2.05, 4.69) is 10.5 Å². The van der Waals surface area contributed by atoms with Crippen LogP contribution in [0.5, 0.6) is 0 Å². The average molecular weight is 405 g/mol. The van der Waals surface area contributed by atoms with E-state index < -0.39 is 21.7 Å². The highest BCUT2D eigenvalue weighted by Gasteiger charge is 2.26. The van der Waals surface area contributed by atoms with Gasteiger partial charge in [-0.25, -0.2) is 18.2 Å². The van der Waals surface area contributed by atoms with E-state index in [-0.39, 0.29) is 29.1 Å². The molecule has 0 spiro atoms. The second-order valence-corrected chi connectivity index (χ2v) is 8.10. The summed E-state index contributed by atoms with van der Waals surface area (Å²) in [5.41, 5.74) is 3.04. The Morgan fingerprint density at radius 2 is 1.86 bits per heavy atom. The Hall–Kier alpha value is -2.62. The number of nitrogens with zero attached hydrogens (tertiary/aromatic N) is 2. The fourth-order valence-electron chi connectivity index (χ4n) is 2.75. The maximum atomic E-state index is 13.8. The highest BCUT2D eigenvalue weighted by molar-refractivity contribution is 7.89. The molecule has 0 bridgehead atoms. The predicted molar refractivity (Wildman–Crippen MR) is 102 cm³/mol. The molecule has 1 fully saturated rings. The molecule has 148 valence electrons. The van der Waals surface area contributed by atoms with Gasteiger partial charge < -0.3 is 4.74 Å². The number of carbonyl (C=O) groups excluding carboxylic acids is 1. The van der Waals surface area contributed by atoms with Crippen LogP contribution in [0.4, 0.5) is 4.39 Å². The lowest BCUT2D eigenvalue weighted by molar-refractivity contribution is 0.0730. The number of nitrogens with one attached hydrogen (secondary N) is 1. The van der Waals surface area contributed by atoms with Gasteiger partial charge in [-0.05, 0) is 31.2 Å². The maximum Gasteiger partial charge on any atom is 0.271 e. The lowest BCUT2D eigenvalue weighted by Gasteiger charge is -2.26. The maximum absolute atomic E-state index is 13.8. The van der Waals surface area contributed by atoms with Gasteiger partial charge in [-0.15, -0.1) is 0 Å². The molecule has 1 amide bonds. The third kappa shape index (κ3) is 4.44. The van der Waals surface area contributed by atoms with Crippen molar-refractivity contribution in [3.05, 3.63) is 65.5 Å². The monoisotopic (exact) mass is 405 g/mol. The Morgan fingerprint density at radius 3 is 2.57 bits per heavy atom. The van der Waals surface area contributed by atoms with Crippen LogP contribution in [0.25, 0.3) is 0 Å². The van der Waals surface area contributed by atoms with Crippen molar-refractivity contribution in [3.63, 3.8) is 0 Å². The van der Waals surface area contributed by atoms with Crippen LogP contribution in [0, 0.1) is 5.82 Å². The van der Waals surface area contributed by atoms with E-state index in [0.29, 0.717) is 18.9 Å². The third-order valence-electron chi connectivity index (χ3n) is 4.29. The van der Waals surface area contributed by atoms with Crippen molar-refractivity contribution in [3.8, 4) is 0 Å². The Balaban J connectivity index is 1.77. The highest BCUT2D eigenvalue weighted by Crippen LogP contribution is 2.18. The summed E-state index contributed by atoms with van der Waals surface area (Å²) in [7, 11) is -3.71. The van der Waals surface area contributed by atoms with Crippen LogP contribution in [0.15, 0.2) is 58.5 Å². The molecule has 3 rings (SSSR count). The summed E-state index contributed by atoms with van der Waals surface area (Å²) in [6.45, 7) is 2.78. The highest BCUT2D eigenvalue weighted by atomic mass is 32.2. The largest absolute Gasteiger partial charge is 0.379 e. The van der Waals surface area contributed by atoms with Gasteiger partial charge in [-0.3, -0.25) is 4.79 Å². The first-order chi connectivity index (χ1) is 13.4. The molecule has 0 radical (unpaired) electrons. The standard InChI is InChI=1S/C19H20FN3O4S/c1-14(17-7-2-3-8-18(17)20)21-22-19(24)15-5-4-6-16(13-15)28(25,26)23-9-11-27-12-10-23/h2-8,13H,9-12H2,1H3,(H,22,24)/b21-14+. The first-order valence-electron chi connectivity index (χ1n) is 8.67. The minimum Gasteiger partial charge on any atom is -0.379 e. The van der Waals surface area contributed by atoms with E-state index in [1.807, 2.05) is 0 Å². The predicted octanol–water partition coefficient (Wildman–Crippen LogP) is 2.00. The van der Waals surface area contributed by atoms with Gasteiger partial charge in [0.15, 0.2) is 0 Å². The van der Waals surface area contributed by atoms with Crippen LogP contribution in [0.1, 0.15) is 22.8 Å². The summed E-state index contributed by atoms with van der Waals surface area (Å²) in [4.78, 5) is 12.4. The summed E-state index contributed by atoms with van der Waals surface area (Å²) in [6.07, 6.45) is 0. The number of amides is 1. The molecule has 2 aromatic rings. The third-order valence-corrected chi connectivity index (χ3v) is 6.19. The molecule has 1 N–H and O–H groups in total. The molecule has 1 aliphatic rings. The quantitative estimate of drug-likeness (QED) is 0.609. The van der Waals surface area contributed by atoms with Gasteiger partial charge in [0, 0.05) is 24.2 Å². The normalized spacial score (nSPS) is 16.0. The van der Waals surface area contributed by atoms with Gasteiger partial charge in [0.25, 0.3) is 5.91 Å². The van der Waals surface area contributed by atoms with E-state index in [9.17, 15) is 17.6 Å². The molecule has 0 unspecified atom stereocenters. The molecule has 1 saturated heterocycles. The summed E-state index contributed by atoms with van der Waals surface area (Å²) < 4.78 is 45.7.